The van der Waals surface area contributed by atoms with E-state index >= 15 is 0 Å². The first kappa shape index (κ1) is 9.35. The standard InChI is InChI=1S/C9H10N6/c10-7-9(13-11)12-8(15-14-7)6-4-2-1-3-5-6/h1-5H,11H2,(H2,10,14)(H,12,13,15). The maximum Gasteiger partial charge on any atom is 0.190 e. The van der Waals surface area contributed by atoms with Gasteiger partial charge in [-0.1, -0.05) is 30.3 Å². The Morgan fingerprint density at radius 3 is 2.47 bits per heavy atom. The lowest BCUT2D eigenvalue weighted by molar-refractivity contribution is 0.987. The Morgan fingerprint density at radius 1 is 1.07 bits per heavy atom. The van der Waals surface area contributed by atoms with E-state index in [9.17, 15) is 0 Å². The molecule has 0 aliphatic heterocycles. The maximum absolute atomic E-state index is 5.50. The third kappa shape index (κ3) is 1.84. The molecule has 6 nitrogen and oxygen atoms in total. The van der Waals surface area contributed by atoms with Crippen LogP contribution in [0.15, 0.2) is 30.3 Å². The fourth-order valence-corrected chi connectivity index (χ4v) is 1.15. The first-order valence-electron chi connectivity index (χ1n) is 4.33. The zero-order valence-electron chi connectivity index (χ0n) is 7.88. The Kier molecular flexibility index (Phi) is 2.42. The Labute approximate surface area is 86.3 Å². The number of nitrogens with two attached hydrogens (primary N) is 2. The molecule has 2 aromatic rings. The number of nitrogens with one attached hydrogen (secondary N) is 1. The molecule has 0 saturated heterocycles. The fourth-order valence-electron chi connectivity index (χ4n) is 1.15. The van der Waals surface area contributed by atoms with Crippen molar-refractivity contribution in [3.8, 4) is 11.4 Å². The third-order valence-corrected chi connectivity index (χ3v) is 1.88. The summed E-state index contributed by atoms with van der Waals surface area (Å²) >= 11 is 0. The van der Waals surface area contributed by atoms with Crippen molar-refractivity contribution >= 4 is 11.6 Å². The molecule has 0 unspecified atom stereocenters. The van der Waals surface area contributed by atoms with Crippen LogP contribution in [0.3, 0.4) is 0 Å². The number of nitrogens with zero attached hydrogens (tertiary/aromatic N) is 3. The van der Waals surface area contributed by atoms with Gasteiger partial charge in [-0.05, 0) is 0 Å². The summed E-state index contributed by atoms with van der Waals surface area (Å²) in [5.74, 6) is 6.22. The summed E-state index contributed by atoms with van der Waals surface area (Å²) in [7, 11) is 0. The van der Waals surface area contributed by atoms with E-state index in [0.717, 1.165) is 5.56 Å². The van der Waals surface area contributed by atoms with Crippen molar-refractivity contribution in [2.75, 3.05) is 11.2 Å². The minimum absolute atomic E-state index is 0.178. The van der Waals surface area contributed by atoms with Gasteiger partial charge in [0.1, 0.15) is 0 Å². The molecule has 2 rings (SSSR count). The van der Waals surface area contributed by atoms with Crippen LogP contribution in [0.2, 0.25) is 0 Å². The van der Waals surface area contributed by atoms with Crippen molar-refractivity contribution in [3.05, 3.63) is 30.3 Å². The summed E-state index contributed by atoms with van der Waals surface area (Å²) in [4.78, 5) is 4.13. The van der Waals surface area contributed by atoms with Crippen LogP contribution in [0, 0.1) is 0 Å². The normalized spacial score (nSPS) is 9.93. The molecule has 0 fully saturated rings. The molecular formula is C9H10N6. The third-order valence-electron chi connectivity index (χ3n) is 1.88. The van der Waals surface area contributed by atoms with Crippen LogP contribution in [0.25, 0.3) is 11.4 Å². The Hall–Kier alpha value is -2.21. The van der Waals surface area contributed by atoms with Crippen molar-refractivity contribution in [2.45, 2.75) is 0 Å². The maximum atomic E-state index is 5.50. The van der Waals surface area contributed by atoms with Gasteiger partial charge in [-0.25, -0.2) is 10.8 Å². The van der Waals surface area contributed by atoms with Gasteiger partial charge in [0.15, 0.2) is 17.5 Å². The number of rotatable bonds is 2. The highest BCUT2D eigenvalue weighted by molar-refractivity contribution is 5.61. The highest BCUT2D eigenvalue weighted by atomic mass is 15.3. The van der Waals surface area contributed by atoms with E-state index in [-0.39, 0.29) is 5.82 Å². The van der Waals surface area contributed by atoms with Gasteiger partial charge in [0.05, 0.1) is 0 Å². The predicted octanol–water partition coefficient (Wildman–Crippen LogP) is 0.406. The van der Waals surface area contributed by atoms with E-state index in [2.05, 4.69) is 20.6 Å². The molecule has 1 heterocycles. The molecule has 0 atom stereocenters. The average molecular weight is 202 g/mol. The lowest BCUT2D eigenvalue weighted by Crippen LogP contribution is -2.13. The van der Waals surface area contributed by atoms with Gasteiger partial charge >= 0.3 is 0 Å². The van der Waals surface area contributed by atoms with Crippen LogP contribution in [0.5, 0.6) is 0 Å². The number of nitrogen functional groups attached to an aromatic ring is 2. The van der Waals surface area contributed by atoms with Crippen molar-refractivity contribution in [1.29, 1.82) is 0 Å². The summed E-state index contributed by atoms with van der Waals surface area (Å²) in [5, 5.41) is 7.62. The van der Waals surface area contributed by atoms with Crippen LogP contribution < -0.4 is 17.0 Å². The minimum Gasteiger partial charge on any atom is -0.379 e. The molecule has 76 valence electrons. The van der Waals surface area contributed by atoms with Gasteiger partial charge in [-0.2, -0.15) is 0 Å². The Morgan fingerprint density at radius 2 is 1.80 bits per heavy atom. The number of hydrogen-bond donors (Lipinski definition) is 3. The second-order valence-corrected chi connectivity index (χ2v) is 2.88. The minimum atomic E-state index is 0.178. The number of hydrazine groups is 1. The summed E-state index contributed by atoms with van der Waals surface area (Å²) in [6, 6.07) is 9.46. The topological polar surface area (TPSA) is 103 Å². The van der Waals surface area contributed by atoms with Crippen LogP contribution in [0.1, 0.15) is 0 Å². The van der Waals surface area contributed by atoms with Gasteiger partial charge < -0.3 is 11.2 Å². The molecule has 0 amide bonds. The number of aromatic nitrogens is 3. The number of hydrogen-bond acceptors (Lipinski definition) is 6. The monoisotopic (exact) mass is 202 g/mol. The van der Waals surface area contributed by atoms with E-state index < -0.39 is 0 Å². The SMILES string of the molecule is NNc1nc(-c2ccccc2)nnc1N. The van der Waals surface area contributed by atoms with Gasteiger partial charge in [0, 0.05) is 5.56 Å². The van der Waals surface area contributed by atoms with E-state index in [1.807, 2.05) is 30.3 Å². The molecule has 0 aliphatic carbocycles. The molecule has 5 N–H and O–H groups in total. The molecular weight excluding hydrogens is 192 g/mol. The lowest BCUT2D eigenvalue weighted by Gasteiger charge is -2.04. The summed E-state index contributed by atoms with van der Waals surface area (Å²) in [6.07, 6.45) is 0. The van der Waals surface area contributed by atoms with Gasteiger partial charge in [0.25, 0.3) is 0 Å². The van der Waals surface area contributed by atoms with Gasteiger partial charge in [-0.15, -0.1) is 10.2 Å². The van der Waals surface area contributed by atoms with E-state index in [0.29, 0.717) is 11.6 Å². The second kappa shape index (κ2) is 3.89. The highest BCUT2D eigenvalue weighted by Crippen LogP contribution is 2.17. The Balaban J connectivity index is 2.46. The summed E-state index contributed by atoms with van der Waals surface area (Å²) in [5.41, 5.74) is 8.73. The summed E-state index contributed by atoms with van der Waals surface area (Å²) < 4.78 is 0. The number of benzene rings is 1. The van der Waals surface area contributed by atoms with Gasteiger partial charge in [0.2, 0.25) is 0 Å². The van der Waals surface area contributed by atoms with Gasteiger partial charge in [-0.3, -0.25) is 0 Å². The number of anilines is 2. The Bertz CT molecular complexity index is 455. The van der Waals surface area contributed by atoms with Crippen LogP contribution in [-0.2, 0) is 0 Å². The molecule has 0 radical (unpaired) electrons. The second-order valence-electron chi connectivity index (χ2n) is 2.88. The highest BCUT2D eigenvalue weighted by Gasteiger charge is 2.05. The van der Waals surface area contributed by atoms with E-state index in [1.54, 1.807) is 0 Å². The van der Waals surface area contributed by atoms with Crippen molar-refractivity contribution in [3.63, 3.8) is 0 Å². The lowest BCUT2D eigenvalue weighted by atomic mass is 10.2. The molecule has 0 aliphatic rings. The molecule has 6 heteroatoms. The smallest absolute Gasteiger partial charge is 0.190 e. The summed E-state index contributed by atoms with van der Waals surface area (Å²) in [6.45, 7) is 0. The first-order valence-corrected chi connectivity index (χ1v) is 4.33. The largest absolute Gasteiger partial charge is 0.379 e. The molecule has 0 bridgehead atoms. The zero-order chi connectivity index (χ0) is 10.7. The molecule has 0 spiro atoms. The van der Waals surface area contributed by atoms with Crippen molar-refractivity contribution in [2.24, 2.45) is 5.84 Å². The van der Waals surface area contributed by atoms with E-state index in [1.165, 1.54) is 0 Å². The quantitative estimate of drug-likeness (QED) is 0.481. The van der Waals surface area contributed by atoms with Crippen LogP contribution >= 0.6 is 0 Å². The average Bonchev–Trinajstić information content (AvgIpc) is 2.31. The van der Waals surface area contributed by atoms with Crippen molar-refractivity contribution < 1.29 is 0 Å². The fraction of sp³-hybridized carbons (Fsp3) is 0. The molecule has 1 aromatic carbocycles. The first-order chi connectivity index (χ1) is 7.31. The zero-order valence-corrected chi connectivity index (χ0v) is 7.88. The molecule has 15 heavy (non-hydrogen) atoms. The molecule has 0 saturated carbocycles. The van der Waals surface area contributed by atoms with Crippen LogP contribution in [-0.4, -0.2) is 15.2 Å². The van der Waals surface area contributed by atoms with Crippen molar-refractivity contribution in [1.82, 2.24) is 15.2 Å². The van der Waals surface area contributed by atoms with E-state index in [4.69, 9.17) is 11.6 Å². The van der Waals surface area contributed by atoms with Crippen LogP contribution in [0.4, 0.5) is 11.6 Å². The predicted molar refractivity (Wildman–Crippen MR) is 57.5 cm³/mol. The molecule has 1 aromatic heterocycles.